The van der Waals surface area contributed by atoms with E-state index in [1.54, 1.807) is 0 Å². The second kappa shape index (κ2) is 12.7. The molecule has 2 aromatic carbocycles. The van der Waals surface area contributed by atoms with Crippen LogP contribution >= 0.6 is 20.2 Å². The van der Waals surface area contributed by atoms with Crippen molar-refractivity contribution in [2.24, 2.45) is 9.98 Å². The fourth-order valence-electron chi connectivity index (χ4n) is 3.81. The number of benzene rings is 2. The average Bonchev–Trinajstić information content (AvgIpc) is 2.82. The van der Waals surface area contributed by atoms with Crippen LogP contribution in [0.1, 0.15) is 70.0 Å². The van der Waals surface area contributed by atoms with Crippen molar-refractivity contribution in [2.45, 2.75) is 69.2 Å². The third kappa shape index (κ3) is 6.98. The Balaban J connectivity index is 0.00000137. The van der Waals surface area contributed by atoms with E-state index in [4.69, 9.17) is 30.2 Å². The number of halogens is 2. The molecule has 3 rings (SSSR count). The topological polar surface area (TPSA) is 63.4 Å². The van der Waals surface area contributed by atoms with Crippen LogP contribution in [0.4, 0.5) is 11.4 Å². The van der Waals surface area contributed by atoms with Gasteiger partial charge in [-0.1, -0.05) is 12.1 Å². The van der Waals surface area contributed by atoms with Crippen molar-refractivity contribution in [2.75, 3.05) is 0 Å². The van der Waals surface area contributed by atoms with Gasteiger partial charge in [-0.25, -0.2) is 24.9 Å². The molecule has 188 valence electrons. The minimum atomic E-state index is 0.194. The second-order valence-corrected chi connectivity index (χ2v) is 10.6. The van der Waals surface area contributed by atoms with Gasteiger partial charge in [0, 0.05) is 0 Å². The van der Waals surface area contributed by atoms with Crippen LogP contribution in [0.15, 0.2) is 28.4 Å². The van der Waals surface area contributed by atoms with Crippen LogP contribution in [-0.2, 0) is 13.1 Å². The van der Waals surface area contributed by atoms with Gasteiger partial charge in [-0.2, -0.15) is 0 Å². The SMILES string of the molecule is CC(=Nc1c(C)c(C)cc(C)c1C)c1ncnc(C(C)=Nc2c(C)c(C)cc(C)c2C)n1.[Cl][Fe][Cl]. The van der Waals surface area contributed by atoms with Crippen LogP contribution in [0.2, 0.25) is 0 Å². The summed E-state index contributed by atoms with van der Waals surface area (Å²) < 4.78 is 0. The van der Waals surface area contributed by atoms with Gasteiger partial charge < -0.3 is 0 Å². The van der Waals surface area contributed by atoms with Crippen LogP contribution in [0, 0.1) is 55.4 Å². The van der Waals surface area contributed by atoms with Crippen LogP contribution in [0.5, 0.6) is 0 Å². The van der Waals surface area contributed by atoms with E-state index in [0.717, 1.165) is 22.8 Å². The van der Waals surface area contributed by atoms with Crippen molar-refractivity contribution < 1.29 is 13.1 Å². The van der Waals surface area contributed by atoms with E-state index >= 15 is 0 Å². The zero-order valence-electron chi connectivity index (χ0n) is 22.1. The first-order valence-corrected chi connectivity index (χ1v) is 14.3. The molecule has 0 bridgehead atoms. The van der Waals surface area contributed by atoms with Gasteiger partial charge in [-0.15, -0.1) is 0 Å². The predicted octanol–water partition coefficient (Wildman–Crippen LogP) is 8.00. The zero-order chi connectivity index (χ0) is 26.4. The van der Waals surface area contributed by atoms with Crippen LogP contribution in [0.3, 0.4) is 0 Å². The van der Waals surface area contributed by atoms with Crippen molar-refractivity contribution in [3.63, 3.8) is 0 Å². The predicted molar refractivity (Wildman–Crippen MR) is 146 cm³/mol. The maximum absolute atomic E-state index is 4.91. The Morgan fingerprint density at radius 2 is 0.914 bits per heavy atom. The summed E-state index contributed by atoms with van der Waals surface area (Å²) in [7, 11) is 9.53. The third-order valence-electron chi connectivity index (χ3n) is 6.43. The van der Waals surface area contributed by atoms with Crippen molar-refractivity contribution in [1.82, 2.24) is 15.0 Å². The molecule has 8 heteroatoms. The first-order valence-electron chi connectivity index (χ1n) is 11.2. The summed E-state index contributed by atoms with van der Waals surface area (Å²) in [6.07, 6.45) is 1.54. The molecule has 0 aliphatic carbocycles. The Kier molecular flexibility index (Phi) is 10.6. The van der Waals surface area contributed by atoms with Gasteiger partial charge in [0.05, 0.1) is 22.8 Å². The summed E-state index contributed by atoms with van der Waals surface area (Å²) in [6, 6.07) is 4.41. The van der Waals surface area contributed by atoms with E-state index in [-0.39, 0.29) is 13.1 Å². The van der Waals surface area contributed by atoms with E-state index in [1.165, 1.54) is 50.8 Å². The molecule has 0 N–H and O–H groups in total. The number of nitrogens with zero attached hydrogens (tertiary/aromatic N) is 5. The van der Waals surface area contributed by atoms with Crippen LogP contribution < -0.4 is 0 Å². The van der Waals surface area contributed by atoms with Gasteiger partial charge in [0.1, 0.15) is 6.33 Å². The molecule has 0 saturated carbocycles. The van der Waals surface area contributed by atoms with E-state index in [9.17, 15) is 0 Å². The van der Waals surface area contributed by atoms with Crippen molar-refractivity contribution in [1.29, 1.82) is 0 Å². The molecule has 0 fully saturated rings. The van der Waals surface area contributed by atoms with E-state index in [1.807, 2.05) is 13.8 Å². The second-order valence-electron chi connectivity index (χ2n) is 8.80. The maximum atomic E-state index is 4.91. The molecular formula is C27H33Cl2FeN5. The van der Waals surface area contributed by atoms with Crippen molar-refractivity contribution in [3.05, 3.63) is 74.6 Å². The Morgan fingerprint density at radius 1 is 0.629 bits per heavy atom. The Hall–Kier alpha value is -2.11. The fraction of sp³-hybridized carbons (Fsp3) is 0.370. The monoisotopic (exact) mass is 553 g/mol. The summed E-state index contributed by atoms with van der Waals surface area (Å²) in [6.45, 7) is 20.8. The normalized spacial score (nSPS) is 12.0. The standard InChI is InChI=1S/C27H33N5.2ClH.Fe/c1-14-11-15(2)19(6)24(18(14)5)30-22(9)26-28-13-29-27(32-26)23(10)31-25-20(7)16(3)12-17(4)21(25)8;;;/h11-13H,1-10H3;2*1H;/q;;;+2/p-2. The van der Waals surface area contributed by atoms with Gasteiger partial charge >= 0.3 is 33.3 Å². The molecule has 1 heterocycles. The summed E-state index contributed by atoms with van der Waals surface area (Å²) in [5.41, 5.74) is 13.2. The molecule has 0 saturated heterocycles. The number of aromatic nitrogens is 3. The molecule has 0 aliphatic rings. The van der Waals surface area contributed by atoms with Gasteiger partial charge in [0.2, 0.25) is 0 Å². The van der Waals surface area contributed by atoms with Crippen molar-refractivity contribution in [3.8, 4) is 0 Å². The molecule has 0 amide bonds. The first kappa shape index (κ1) is 29.1. The number of aliphatic imine (C=N–C) groups is 2. The summed E-state index contributed by atoms with van der Waals surface area (Å²) >= 11 is 0.194. The number of aryl methyl sites for hydroxylation is 4. The molecule has 5 nitrogen and oxygen atoms in total. The van der Waals surface area contributed by atoms with Crippen LogP contribution in [-0.4, -0.2) is 26.4 Å². The first-order chi connectivity index (χ1) is 16.4. The fourth-order valence-corrected chi connectivity index (χ4v) is 3.81. The Morgan fingerprint density at radius 3 is 1.20 bits per heavy atom. The molecule has 0 radical (unpaired) electrons. The molecule has 0 atom stereocenters. The third-order valence-corrected chi connectivity index (χ3v) is 6.43. The molecule has 0 spiro atoms. The average molecular weight is 554 g/mol. The zero-order valence-corrected chi connectivity index (χ0v) is 24.7. The summed E-state index contributed by atoms with van der Waals surface area (Å²) in [5, 5.41) is 0. The van der Waals surface area contributed by atoms with E-state index in [0.29, 0.717) is 11.6 Å². The molecule has 0 unspecified atom stereocenters. The van der Waals surface area contributed by atoms with Gasteiger partial charge in [0.25, 0.3) is 0 Å². The van der Waals surface area contributed by atoms with E-state index < -0.39 is 0 Å². The molecule has 1 aromatic heterocycles. The molecule has 35 heavy (non-hydrogen) atoms. The summed E-state index contributed by atoms with van der Waals surface area (Å²) in [5.74, 6) is 1.13. The number of hydrogen-bond donors (Lipinski definition) is 0. The van der Waals surface area contributed by atoms with Gasteiger partial charge in [-0.05, 0) is 114 Å². The minimum absolute atomic E-state index is 0.194. The van der Waals surface area contributed by atoms with Crippen LogP contribution in [0.25, 0.3) is 0 Å². The quantitative estimate of drug-likeness (QED) is 0.243. The Labute approximate surface area is 224 Å². The summed E-state index contributed by atoms with van der Waals surface area (Å²) in [4.78, 5) is 23.3. The molecular weight excluding hydrogens is 521 g/mol. The number of hydrogen-bond acceptors (Lipinski definition) is 5. The molecule has 3 aromatic rings. The van der Waals surface area contributed by atoms with Crippen molar-refractivity contribution >= 4 is 43.0 Å². The van der Waals surface area contributed by atoms with Gasteiger partial charge in [0.15, 0.2) is 11.6 Å². The van der Waals surface area contributed by atoms with Gasteiger partial charge in [-0.3, -0.25) is 0 Å². The Bertz CT molecular complexity index is 1150. The molecule has 0 aliphatic heterocycles. The van der Waals surface area contributed by atoms with E-state index in [2.05, 4.69) is 82.5 Å². The number of rotatable bonds is 4.